The van der Waals surface area contributed by atoms with E-state index in [2.05, 4.69) is 29.3 Å². The summed E-state index contributed by atoms with van der Waals surface area (Å²) < 4.78 is 0. The van der Waals surface area contributed by atoms with Crippen LogP contribution in [0, 0.1) is 6.92 Å². The van der Waals surface area contributed by atoms with Gasteiger partial charge in [-0.05, 0) is 124 Å². The summed E-state index contributed by atoms with van der Waals surface area (Å²) >= 11 is 0. The Labute approximate surface area is 198 Å². The van der Waals surface area contributed by atoms with E-state index in [9.17, 15) is 4.79 Å². The van der Waals surface area contributed by atoms with Gasteiger partial charge in [-0.3, -0.25) is 4.79 Å². The van der Waals surface area contributed by atoms with E-state index in [1.54, 1.807) is 46.5 Å². The number of carbonyl (C=O) groups is 1. The summed E-state index contributed by atoms with van der Waals surface area (Å²) in [4.78, 5) is 14.8. The van der Waals surface area contributed by atoms with Crippen molar-refractivity contribution in [3.63, 3.8) is 0 Å². The second-order valence-electron chi connectivity index (χ2n) is 9.70. The summed E-state index contributed by atoms with van der Waals surface area (Å²) in [5, 5.41) is 21.2. The maximum atomic E-state index is 12.2. The summed E-state index contributed by atoms with van der Waals surface area (Å²) in [6, 6.07) is 11.2. The second-order valence-corrected chi connectivity index (χ2v) is 9.70. The van der Waals surface area contributed by atoms with Crippen LogP contribution in [0.3, 0.4) is 0 Å². The zero-order valence-corrected chi connectivity index (χ0v) is 19.9. The van der Waals surface area contributed by atoms with Crippen molar-refractivity contribution >= 4 is 18.5 Å². The Morgan fingerprint density at radius 2 is 1.76 bits per heavy atom. The van der Waals surface area contributed by atoms with Crippen LogP contribution in [0.15, 0.2) is 36.4 Å². The quantitative estimate of drug-likeness (QED) is 0.429. The monoisotopic (exact) mass is 448 g/mol. The Bertz CT molecular complexity index is 937. The van der Waals surface area contributed by atoms with Gasteiger partial charge in [-0.15, -0.1) is 0 Å². The van der Waals surface area contributed by atoms with Crippen LogP contribution in [0.4, 0.5) is 0 Å². The van der Waals surface area contributed by atoms with Crippen molar-refractivity contribution in [1.82, 2.24) is 10.2 Å². The molecule has 1 saturated heterocycles. The smallest absolute Gasteiger partial charge is 0.423 e. The third kappa shape index (κ3) is 6.05. The number of unbranched alkanes of at least 4 members (excludes halogenated alkanes) is 1. The molecular weight excluding hydrogens is 411 g/mol. The number of aryl methyl sites for hydroxylation is 1. The average Bonchev–Trinajstić information content (AvgIpc) is 2.85. The normalized spacial score (nSPS) is 16.9. The molecule has 0 saturated carbocycles. The second kappa shape index (κ2) is 11.3. The molecule has 2 aromatic carbocycles. The van der Waals surface area contributed by atoms with Crippen molar-refractivity contribution < 1.29 is 14.8 Å². The first-order valence-corrected chi connectivity index (χ1v) is 12.6. The van der Waals surface area contributed by atoms with Crippen LogP contribution in [-0.4, -0.2) is 54.2 Å². The lowest BCUT2D eigenvalue weighted by Crippen LogP contribution is -2.34. The first-order chi connectivity index (χ1) is 16.0. The average molecular weight is 448 g/mol. The number of nitrogens with zero attached hydrogens (tertiary/aromatic N) is 1. The van der Waals surface area contributed by atoms with Crippen molar-refractivity contribution in [2.45, 2.75) is 64.2 Å². The molecular formula is C27H37BN2O3. The summed E-state index contributed by atoms with van der Waals surface area (Å²) in [5.74, 6) is 0.585. The van der Waals surface area contributed by atoms with Crippen LogP contribution in [0.25, 0.3) is 0 Å². The molecule has 0 atom stereocenters. The van der Waals surface area contributed by atoms with Crippen LogP contribution >= 0.6 is 0 Å². The van der Waals surface area contributed by atoms with E-state index in [1.165, 1.54) is 38.5 Å². The molecule has 1 amide bonds. The molecule has 0 unspecified atom stereocenters. The molecule has 4 rings (SSSR count). The van der Waals surface area contributed by atoms with Gasteiger partial charge < -0.3 is 20.3 Å². The minimum Gasteiger partial charge on any atom is -0.423 e. The number of likely N-dealkylation sites (tertiary alicyclic amines) is 1. The van der Waals surface area contributed by atoms with Crippen LogP contribution in [-0.2, 0) is 12.8 Å². The van der Waals surface area contributed by atoms with Gasteiger partial charge >= 0.3 is 7.12 Å². The fourth-order valence-electron chi connectivity index (χ4n) is 5.51. The van der Waals surface area contributed by atoms with E-state index in [4.69, 9.17) is 10.0 Å². The van der Waals surface area contributed by atoms with Crippen LogP contribution in [0.5, 0.6) is 0 Å². The van der Waals surface area contributed by atoms with E-state index in [1.807, 2.05) is 0 Å². The number of benzene rings is 2. The Hall–Kier alpha value is -2.15. The molecule has 2 aliphatic rings. The largest absolute Gasteiger partial charge is 0.488 e. The van der Waals surface area contributed by atoms with Crippen molar-refractivity contribution in [3.05, 3.63) is 64.2 Å². The number of rotatable bonds is 8. The Morgan fingerprint density at radius 3 is 2.48 bits per heavy atom. The van der Waals surface area contributed by atoms with Crippen molar-refractivity contribution in [2.75, 3.05) is 26.2 Å². The maximum Gasteiger partial charge on any atom is 0.488 e. The van der Waals surface area contributed by atoms with E-state index in [0.29, 0.717) is 23.5 Å². The van der Waals surface area contributed by atoms with Crippen LogP contribution < -0.4 is 10.8 Å². The number of piperidine rings is 1. The number of hydrogen-bond acceptors (Lipinski definition) is 4. The fraction of sp³-hybridized carbons (Fsp3) is 0.519. The highest BCUT2D eigenvalue weighted by Crippen LogP contribution is 2.35. The predicted octanol–water partition coefficient (Wildman–Crippen LogP) is 2.94. The number of carbonyl (C=O) groups excluding carboxylic acids is 1. The van der Waals surface area contributed by atoms with Gasteiger partial charge in [0.25, 0.3) is 5.91 Å². The zero-order valence-electron chi connectivity index (χ0n) is 19.9. The highest BCUT2D eigenvalue weighted by molar-refractivity contribution is 6.58. The van der Waals surface area contributed by atoms with Gasteiger partial charge in [0.05, 0.1) is 0 Å². The van der Waals surface area contributed by atoms with Gasteiger partial charge in [-0.2, -0.15) is 0 Å². The molecule has 0 aromatic heterocycles. The lowest BCUT2D eigenvalue weighted by Gasteiger charge is -2.33. The first-order valence-electron chi connectivity index (χ1n) is 12.6. The third-order valence-corrected chi connectivity index (χ3v) is 7.55. The van der Waals surface area contributed by atoms with Crippen molar-refractivity contribution in [1.29, 1.82) is 0 Å². The minimum atomic E-state index is -1.51. The highest BCUT2D eigenvalue weighted by Gasteiger charge is 2.23. The predicted molar refractivity (Wildman–Crippen MR) is 134 cm³/mol. The van der Waals surface area contributed by atoms with Gasteiger partial charge in [-0.1, -0.05) is 24.3 Å². The SMILES string of the molecule is Cc1c(C2CCN(CCCCNC(=O)c3ccc(B(O)O)cc3)CC2)ccc2c1CCCC2. The topological polar surface area (TPSA) is 72.8 Å². The fourth-order valence-corrected chi connectivity index (χ4v) is 5.51. The van der Waals surface area contributed by atoms with E-state index in [-0.39, 0.29) is 5.91 Å². The van der Waals surface area contributed by atoms with Crippen molar-refractivity contribution in [3.8, 4) is 0 Å². The third-order valence-electron chi connectivity index (χ3n) is 7.55. The van der Waals surface area contributed by atoms with E-state index < -0.39 is 7.12 Å². The number of fused-ring (bicyclic) bond motifs is 1. The van der Waals surface area contributed by atoms with Gasteiger partial charge in [0, 0.05) is 12.1 Å². The summed E-state index contributed by atoms with van der Waals surface area (Å²) in [7, 11) is -1.51. The Kier molecular flexibility index (Phi) is 8.23. The summed E-state index contributed by atoms with van der Waals surface area (Å²) in [6.45, 7) is 6.43. The molecule has 33 heavy (non-hydrogen) atoms. The molecule has 1 aliphatic heterocycles. The Balaban J connectivity index is 1.15. The number of hydrogen-bond donors (Lipinski definition) is 3. The molecule has 1 fully saturated rings. The lowest BCUT2D eigenvalue weighted by atomic mass is 9.80. The van der Waals surface area contributed by atoms with Crippen molar-refractivity contribution in [2.24, 2.45) is 0 Å². The van der Waals surface area contributed by atoms with E-state index in [0.717, 1.165) is 32.5 Å². The zero-order chi connectivity index (χ0) is 23.2. The molecule has 1 heterocycles. The molecule has 0 bridgehead atoms. The standard InChI is InChI=1S/C27H37BN2O3/c1-20-25-7-3-2-6-21(25)10-13-26(20)22-14-18-30(19-15-22)17-5-4-16-29-27(31)23-8-11-24(12-9-23)28(32)33/h8-13,22,32-33H,2-7,14-19H2,1H3,(H,29,31). The van der Waals surface area contributed by atoms with Crippen LogP contribution in [0.2, 0.25) is 0 Å². The van der Waals surface area contributed by atoms with Gasteiger partial charge in [0.2, 0.25) is 0 Å². The molecule has 2 aromatic rings. The molecule has 0 radical (unpaired) electrons. The summed E-state index contributed by atoms with van der Waals surface area (Å²) in [6.07, 6.45) is 9.75. The lowest BCUT2D eigenvalue weighted by molar-refractivity contribution is 0.0952. The number of nitrogens with one attached hydrogen (secondary N) is 1. The first kappa shape index (κ1) is 24.0. The van der Waals surface area contributed by atoms with Gasteiger partial charge in [-0.25, -0.2) is 0 Å². The number of amides is 1. The van der Waals surface area contributed by atoms with Gasteiger partial charge in [0.1, 0.15) is 0 Å². The molecule has 0 spiro atoms. The molecule has 6 heteroatoms. The molecule has 5 nitrogen and oxygen atoms in total. The molecule has 3 N–H and O–H groups in total. The maximum absolute atomic E-state index is 12.2. The molecule has 176 valence electrons. The molecule has 1 aliphatic carbocycles. The van der Waals surface area contributed by atoms with Crippen LogP contribution in [0.1, 0.15) is 77.1 Å². The Morgan fingerprint density at radius 1 is 1.03 bits per heavy atom. The van der Waals surface area contributed by atoms with Gasteiger partial charge in [0.15, 0.2) is 0 Å². The minimum absolute atomic E-state index is 0.116. The summed E-state index contributed by atoms with van der Waals surface area (Å²) in [5.41, 5.74) is 7.33. The highest BCUT2D eigenvalue weighted by atomic mass is 16.4. The van der Waals surface area contributed by atoms with E-state index >= 15 is 0 Å².